The van der Waals surface area contributed by atoms with E-state index in [0.717, 1.165) is 37.4 Å². The number of aryl methyl sites for hydroxylation is 4. The smallest absolute Gasteiger partial charge is 0.276 e. The number of rotatable bonds is 21. The van der Waals surface area contributed by atoms with Crippen LogP contribution in [0.2, 0.25) is 0 Å². The molecule has 5 aromatic heterocycles. The van der Waals surface area contributed by atoms with Gasteiger partial charge < -0.3 is 39.5 Å². The van der Waals surface area contributed by atoms with Gasteiger partial charge in [0.1, 0.15) is 34.1 Å². The number of aromatic nitrogens is 9. The van der Waals surface area contributed by atoms with Gasteiger partial charge in [0.2, 0.25) is 17.8 Å². The van der Waals surface area contributed by atoms with E-state index >= 15 is 0 Å². The van der Waals surface area contributed by atoms with Crippen LogP contribution in [0.5, 0.6) is 11.5 Å². The van der Waals surface area contributed by atoms with Gasteiger partial charge in [-0.3, -0.25) is 34.0 Å². The highest BCUT2D eigenvalue weighted by Crippen LogP contribution is 2.37. The van der Waals surface area contributed by atoms with Crippen LogP contribution in [0.1, 0.15) is 69.3 Å². The van der Waals surface area contributed by atoms with Crippen molar-refractivity contribution in [1.82, 2.24) is 48.5 Å². The number of morpholine rings is 1. The fraction of sp³-hybridized carbons (Fsp3) is 0.404. The minimum Gasteiger partial charge on any atom is -0.491 e. The highest BCUT2D eigenvalue weighted by atomic mass is 16.5. The van der Waals surface area contributed by atoms with E-state index in [1.54, 1.807) is 48.3 Å². The molecule has 20 heteroatoms. The third kappa shape index (κ3) is 10.0. The number of carbonyl (C=O) groups is 3. The molecule has 0 spiro atoms. The molecule has 1 fully saturated rings. The van der Waals surface area contributed by atoms with Gasteiger partial charge in [0.25, 0.3) is 5.91 Å². The fourth-order valence-electron chi connectivity index (χ4n) is 8.42. The Morgan fingerprint density at radius 2 is 1.43 bits per heavy atom. The molecule has 1 aliphatic heterocycles. The minimum atomic E-state index is -0.639. The van der Waals surface area contributed by atoms with Crippen LogP contribution in [-0.2, 0) is 35.7 Å². The maximum atomic E-state index is 13.9. The molecule has 0 unspecified atom stereocenters. The van der Waals surface area contributed by atoms with Crippen molar-refractivity contribution in [3.8, 4) is 23.0 Å². The monoisotopic (exact) mass is 915 g/mol. The maximum absolute atomic E-state index is 13.9. The van der Waals surface area contributed by atoms with Crippen molar-refractivity contribution in [3.05, 3.63) is 83.0 Å². The Labute approximate surface area is 386 Å². The summed E-state index contributed by atoms with van der Waals surface area (Å²) in [5.74, 6) is -0.0698. The lowest BCUT2D eigenvalue weighted by Gasteiger charge is -2.26. The first-order chi connectivity index (χ1) is 32.5. The molecule has 8 rings (SSSR count). The zero-order valence-electron chi connectivity index (χ0n) is 38.6. The number of amides is 3. The Kier molecular flexibility index (Phi) is 14.2. The summed E-state index contributed by atoms with van der Waals surface area (Å²) in [7, 11) is 1.63. The second kappa shape index (κ2) is 20.6. The normalized spacial score (nSPS) is 13.4. The van der Waals surface area contributed by atoms with Gasteiger partial charge in [-0.1, -0.05) is 12.2 Å². The first-order valence-corrected chi connectivity index (χ1v) is 22.5. The zero-order chi connectivity index (χ0) is 47.2. The van der Waals surface area contributed by atoms with E-state index in [9.17, 15) is 14.4 Å². The largest absolute Gasteiger partial charge is 0.491 e. The second-order valence-electron chi connectivity index (χ2n) is 16.3. The zero-order valence-corrected chi connectivity index (χ0v) is 38.6. The summed E-state index contributed by atoms with van der Waals surface area (Å²) in [5.41, 5.74) is 17.1. The highest BCUT2D eigenvalue weighted by Gasteiger charge is 2.24. The van der Waals surface area contributed by atoms with Crippen LogP contribution < -0.4 is 26.3 Å². The number of hydrogen-bond donors (Lipinski definition) is 3. The van der Waals surface area contributed by atoms with E-state index in [4.69, 9.17) is 45.4 Å². The number of fused-ring (bicyclic) bond motifs is 4. The minimum absolute atomic E-state index is 0.219. The topological polar surface area (TPSA) is 240 Å². The average Bonchev–Trinajstić information content (AvgIpc) is 4.09. The maximum Gasteiger partial charge on any atom is 0.276 e. The van der Waals surface area contributed by atoms with Crippen molar-refractivity contribution in [3.63, 3.8) is 0 Å². The molecule has 6 heterocycles. The number of nitrogens with zero attached hydrogens (tertiary/aromatic N) is 10. The Morgan fingerprint density at radius 3 is 2.13 bits per heavy atom. The van der Waals surface area contributed by atoms with Crippen molar-refractivity contribution < 1.29 is 33.3 Å². The molecule has 0 saturated carbocycles. The molecule has 0 bridgehead atoms. The van der Waals surface area contributed by atoms with Gasteiger partial charge in [-0.2, -0.15) is 10.2 Å². The summed E-state index contributed by atoms with van der Waals surface area (Å²) in [6, 6.07) is 10.3. The number of carbonyl (C=O) groups excluding carboxylic acids is 3. The van der Waals surface area contributed by atoms with Crippen LogP contribution in [0.4, 0.5) is 5.95 Å². The van der Waals surface area contributed by atoms with Crippen molar-refractivity contribution >= 4 is 56.6 Å². The average molecular weight is 916 g/mol. The van der Waals surface area contributed by atoms with Gasteiger partial charge in [0.05, 0.1) is 48.8 Å². The molecule has 0 atom stereocenters. The van der Waals surface area contributed by atoms with Crippen LogP contribution >= 0.6 is 0 Å². The SMILES string of the molecule is CCn1nc(C)cc1C(=O)Nc1nc2cc(C(N)=O)cc(OCCCN3CCOCC3)c2n1C/C=C/Cn1c2nc(-c3cc(C)nn3CC)ncc2c2cc(C(N)=O)cc(OCCCOC)c21. The number of methoxy groups -OCH3 is 1. The van der Waals surface area contributed by atoms with Crippen LogP contribution in [0.15, 0.2) is 54.7 Å². The fourth-order valence-corrected chi connectivity index (χ4v) is 8.42. The number of hydrogen-bond acceptors (Lipinski definition) is 13. The van der Waals surface area contributed by atoms with Gasteiger partial charge in [-0.25, -0.2) is 15.0 Å². The highest BCUT2D eigenvalue weighted by molar-refractivity contribution is 6.12. The van der Waals surface area contributed by atoms with E-state index in [2.05, 4.69) is 20.4 Å². The van der Waals surface area contributed by atoms with E-state index in [-0.39, 0.29) is 23.6 Å². The summed E-state index contributed by atoms with van der Waals surface area (Å²) in [6.07, 6.45) is 7.02. The second-order valence-corrected chi connectivity index (χ2v) is 16.3. The lowest BCUT2D eigenvalue weighted by atomic mass is 10.1. The Morgan fingerprint density at radius 1 is 0.776 bits per heavy atom. The molecular weight excluding hydrogens is 859 g/mol. The molecule has 5 N–H and O–H groups in total. The number of imidazole rings is 1. The van der Waals surface area contributed by atoms with Gasteiger partial charge in [-0.15, -0.1) is 0 Å². The number of ether oxygens (including phenoxy) is 4. The molecule has 67 heavy (non-hydrogen) atoms. The Hall–Kier alpha value is -7.16. The van der Waals surface area contributed by atoms with E-state index in [1.165, 1.54) is 0 Å². The van der Waals surface area contributed by atoms with Crippen LogP contribution in [0.25, 0.3) is 44.5 Å². The van der Waals surface area contributed by atoms with Gasteiger partial charge >= 0.3 is 0 Å². The quantitative estimate of drug-likeness (QED) is 0.0645. The van der Waals surface area contributed by atoms with Crippen LogP contribution in [0, 0.1) is 13.8 Å². The van der Waals surface area contributed by atoms with Crippen molar-refractivity contribution in [2.75, 3.05) is 65.1 Å². The number of nitrogens with one attached hydrogen (secondary N) is 1. The summed E-state index contributed by atoms with van der Waals surface area (Å²) in [6.45, 7) is 14.4. The lowest BCUT2D eigenvalue weighted by molar-refractivity contribution is 0.0358. The van der Waals surface area contributed by atoms with E-state index in [0.29, 0.717) is 121 Å². The van der Waals surface area contributed by atoms with Crippen molar-refractivity contribution in [2.45, 2.75) is 66.7 Å². The molecule has 7 aromatic rings. The first kappa shape index (κ1) is 46.4. The van der Waals surface area contributed by atoms with Gasteiger partial charge in [-0.05, 0) is 70.5 Å². The number of allylic oxidation sites excluding steroid dienone is 2. The molecule has 3 amide bonds. The van der Waals surface area contributed by atoms with Gasteiger partial charge in [0.15, 0.2) is 5.82 Å². The summed E-state index contributed by atoms with van der Waals surface area (Å²) < 4.78 is 30.9. The lowest BCUT2D eigenvalue weighted by Crippen LogP contribution is -2.37. The molecule has 20 nitrogen and oxygen atoms in total. The molecule has 1 saturated heterocycles. The summed E-state index contributed by atoms with van der Waals surface area (Å²) in [4.78, 5) is 56.3. The molecule has 0 radical (unpaired) electrons. The molecule has 2 aromatic carbocycles. The molecular formula is C47H57N13O7. The standard InChI is InChI=1S/C47H57N13O7/c1-6-59-36(22-29(3)54-59)44-50-28-34-33-24-31(42(48)61)26-38(67-19-11-17-64-5)40(33)57(45(34)52-44)13-8-9-14-58-41-35(51-47(58)53-46(63)37-23-30(4)55-60(37)7-2)25-32(43(49)62)27-39(41)66-18-10-12-56-15-20-65-21-16-56/h8-9,22-28H,6-7,10-21H2,1-5H3,(H2,48,61)(H2,49,62)(H,51,53,63)/b9-8+. The molecule has 352 valence electrons. The van der Waals surface area contributed by atoms with E-state index < -0.39 is 17.7 Å². The summed E-state index contributed by atoms with van der Waals surface area (Å²) >= 11 is 0. The number of primary amides is 2. The van der Waals surface area contributed by atoms with Crippen LogP contribution in [0.3, 0.4) is 0 Å². The summed E-state index contributed by atoms with van der Waals surface area (Å²) in [5, 5.41) is 13.5. The Bertz CT molecular complexity index is 2980. The third-order valence-electron chi connectivity index (χ3n) is 11.6. The number of nitrogens with two attached hydrogens (primary N) is 2. The molecule has 1 aliphatic rings. The number of anilines is 1. The van der Waals surface area contributed by atoms with Crippen LogP contribution in [-0.4, -0.2) is 126 Å². The van der Waals surface area contributed by atoms with E-state index in [1.807, 2.05) is 59.7 Å². The third-order valence-corrected chi connectivity index (χ3v) is 11.6. The first-order valence-electron chi connectivity index (χ1n) is 22.5. The molecule has 0 aliphatic carbocycles. The Balaban J connectivity index is 1.20. The van der Waals surface area contributed by atoms with Crippen molar-refractivity contribution in [1.29, 1.82) is 0 Å². The van der Waals surface area contributed by atoms with Crippen molar-refractivity contribution in [2.24, 2.45) is 11.5 Å². The predicted octanol–water partition coefficient (Wildman–Crippen LogP) is 4.87. The number of benzene rings is 2. The predicted molar refractivity (Wildman–Crippen MR) is 253 cm³/mol. The van der Waals surface area contributed by atoms with Gasteiger partial charge in [0, 0.05) is 94.0 Å².